The Kier molecular flexibility index (Phi) is 12.8. The van der Waals surface area contributed by atoms with Crippen LogP contribution in [0.4, 0.5) is 5.69 Å². The molecule has 0 aromatic heterocycles. The van der Waals surface area contributed by atoms with Crippen LogP contribution in [0.3, 0.4) is 0 Å². The van der Waals surface area contributed by atoms with E-state index in [4.69, 9.17) is 21.1 Å². The number of methoxy groups -OCH3 is 1. The minimum atomic E-state index is -0.502. The topological polar surface area (TPSA) is 67.9 Å². The van der Waals surface area contributed by atoms with Gasteiger partial charge in [0.2, 0.25) is 0 Å². The summed E-state index contributed by atoms with van der Waals surface area (Å²) in [6, 6.07) is 12.2. The Morgan fingerprint density at radius 2 is 1.91 bits per heavy atom. The van der Waals surface area contributed by atoms with E-state index in [0.717, 1.165) is 48.8 Å². The molecule has 45 heavy (non-hydrogen) atoms. The van der Waals surface area contributed by atoms with Gasteiger partial charge in [0.1, 0.15) is 11.5 Å². The molecule has 7 atom stereocenters. The van der Waals surface area contributed by atoms with Crippen molar-refractivity contribution in [2.75, 3.05) is 31.7 Å². The third kappa shape index (κ3) is 9.02. The molecule has 246 valence electrons. The Hall–Kier alpha value is -2.61. The molecule has 1 fully saturated rings. The van der Waals surface area contributed by atoms with E-state index in [1.807, 2.05) is 31.4 Å². The summed E-state index contributed by atoms with van der Waals surface area (Å²) in [6.45, 7) is 12.0. The third-order valence-corrected chi connectivity index (χ3v) is 11.5. The molecule has 2 aromatic rings. The van der Waals surface area contributed by atoms with Crippen LogP contribution in [0.1, 0.15) is 87.7 Å². The number of fused-ring (bicyclic) bond motifs is 2. The van der Waals surface area contributed by atoms with Gasteiger partial charge in [0.05, 0.1) is 18.4 Å². The molecule has 8 heteroatoms. The lowest BCUT2D eigenvalue weighted by atomic mass is 9.70. The van der Waals surface area contributed by atoms with Crippen LogP contribution in [0.15, 0.2) is 48.6 Å². The first-order chi connectivity index (χ1) is 21.5. The highest BCUT2D eigenvalue weighted by Crippen LogP contribution is 2.43. The smallest absolute Gasteiger partial charge is 0.260 e. The van der Waals surface area contributed by atoms with Crippen molar-refractivity contribution in [3.05, 3.63) is 70.3 Å². The van der Waals surface area contributed by atoms with Gasteiger partial charge in [0, 0.05) is 42.0 Å². The van der Waals surface area contributed by atoms with Crippen molar-refractivity contribution in [3.63, 3.8) is 0 Å². The predicted molar refractivity (Wildman–Crippen MR) is 190 cm³/mol. The van der Waals surface area contributed by atoms with Crippen molar-refractivity contribution >= 4 is 45.5 Å². The number of nitrogens with zero attached hydrogens (tertiary/aromatic N) is 1. The van der Waals surface area contributed by atoms with Crippen LogP contribution in [-0.2, 0) is 16.0 Å². The van der Waals surface area contributed by atoms with Gasteiger partial charge in [-0.05, 0) is 98.7 Å². The molecule has 1 amide bonds. The van der Waals surface area contributed by atoms with Crippen molar-refractivity contribution in [1.29, 1.82) is 0 Å². The monoisotopic (exact) mass is 654 g/mol. The SMILES string of the molecule is C=S1NC(=O)c2ccc3c(c2)N(CC(c2ccc(Cl)cc2CCC)CO3)CC2CCC2C(OC)/C=C/CC(C)C1C.CC(C)=O. The molecule has 6 nitrogen and oxygen atoms in total. The summed E-state index contributed by atoms with van der Waals surface area (Å²) in [5.74, 6) is 6.83. The van der Waals surface area contributed by atoms with E-state index < -0.39 is 10.7 Å². The number of halogens is 1. The van der Waals surface area contributed by atoms with Crippen LogP contribution in [0.2, 0.25) is 5.02 Å². The van der Waals surface area contributed by atoms with E-state index in [1.54, 1.807) is 0 Å². The molecular weight excluding hydrogens is 604 g/mol. The van der Waals surface area contributed by atoms with Crippen LogP contribution in [0.25, 0.3) is 0 Å². The Morgan fingerprint density at radius 1 is 1.16 bits per heavy atom. The lowest BCUT2D eigenvalue weighted by Gasteiger charge is -2.43. The van der Waals surface area contributed by atoms with E-state index >= 15 is 0 Å². The lowest BCUT2D eigenvalue weighted by molar-refractivity contribution is -0.115. The average molecular weight is 655 g/mol. The molecule has 0 spiro atoms. The van der Waals surface area contributed by atoms with Gasteiger partial charge in [-0.3, -0.25) is 4.79 Å². The second kappa shape index (κ2) is 16.3. The Labute approximate surface area is 278 Å². The fourth-order valence-electron chi connectivity index (χ4n) is 6.56. The Morgan fingerprint density at radius 3 is 2.58 bits per heavy atom. The molecular formula is C37H51ClN2O4S. The van der Waals surface area contributed by atoms with Gasteiger partial charge in [0.25, 0.3) is 5.91 Å². The van der Waals surface area contributed by atoms with Crippen molar-refractivity contribution in [1.82, 2.24) is 4.72 Å². The van der Waals surface area contributed by atoms with Crippen molar-refractivity contribution in [2.24, 2.45) is 17.8 Å². The maximum absolute atomic E-state index is 13.4. The zero-order chi connectivity index (χ0) is 32.7. The zero-order valence-corrected chi connectivity index (χ0v) is 29.4. The maximum Gasteiger partial charge on any atom is 0.260 e. The maximum atomic E-state index is 13.4. The van der Waals surface area contributed by atoms with E-state index in [0.29, 0.717) is 29.9 Å². The number of benzene rings is 2. The number of carbonyl (C=O) groups is 2. The molecule has 2 bridgehead atoms. The number of Topliss-reactive ketones (excluding diaryl/α,β-unsaturated/α-hetero) is 1. The minimum absolute atomic E-state index is 0.0718. The number of allylic oxidation sites excluding steroid dienone is 1. The summed E-state index contributed by atoms with van der Waals surface area (Å²) in [5, 5.41) is 1.03. The number of carbonyl (C=O) groups excluding carboxylic acids is 2. The first-order valence-electron chi connectivity index (χ1n) is 16.3. The molecule has 3 aliphatic rings. The van der Waals surface area contributed by atoms with Crippen molar-refractivity contribution in [3.8, 4) is 5.75 Å². The highest BCUT2D eigenvalue weighted by molar-refractivity contribution is 8.13. The Bertz CT molecular complexity index is 1390. The number of aryl methyl sites for hydroxylation is 1. The zero-order valence-electron chi connectivity index (χ0n) is 27.8. The highest BCUT2D eigenvalue weighted by Gasteiger charge is 2.39. The molecule has 7 unspecified atom stereocenters. The summed E-state index contributed by atoms with van der Waals surface area (Å²) >= 11 is 6.42. The summed E-state index contributed by atoms with van der Waals surface area (Å²) in [5.41, 5.74) is 4.26. The number of nitrogens with one attached hydrogen (secondary N) is 1. The average Bonchev–Trinajstić information content (AvgIpc) is 3.16. The van der Waals surface area contributed by atoms with Gasteiger partial charge in [-0.15, -0.1) is 0 Å². The van der Waals surface area contributed by atoms with Crippen molar-refractivity contribution < 1.29 is 19.1 Å². The summed E-state index contributed by atoms with van der Waals surface area (Å²) in [7, 11) is 1.34. The fraction of sp³-hybridized carbons (Fsp3) is 0.541. The summed E-state index contributed by atoms with van der Waals surface area (Å²) in [4.78, 5) is 25.4. The number of ketones is 1. The molecule has 1 N–H and O–H groups in total. The fourth-order valence-corrected chi connectivity index (χ4v) is 7.97. The van der Waals surface area contributed by atoms with E-state index in [-0.39, 0.29) is 29.0 Å². The number of rotatable bonds is 4. The number of ether oxygens (including phenoxy) is 2. The van der Waals surface area contributed by atoms with Gasteiger partial charge in [-0.2, -0.15) is 0 Å². The first kappa shape index (κ1) is 35.2. The van der Waals surface area contributed by atoms with Crippen LogP contribution in [0, 0.1) is 17.8 Å². The van der Waals surface area contributed by atoms with Gasteiger partial charge in [0.15, 0.2) is 0 Å². The minimum Gasteiger partial charge on any atom is -0.491 e. The second-order valence-corrected chi connectivity index (χ2v) is 15.2. The van der Waals surface area contributed by atoms with E-state index in [2.05, 4.69) is 60.5 Å². The molecule has 0 saturated heterocycles. The molecule has 2 aliphatic heterocycles. The quantitative estimate of drug-likeness (QED) is 0.266. The molecule has 1 aliphatic carbocycles. The van der Waals surface area contributed by atoms with Crippen LogP contribution in [0.5, 0.6) is 5.75 Å². The van der Waals surface area contributed by atoms with Crippen LogP contribution in [-0.4, -0.2) is 55.7 Å². The summed E-state index contributed by atoms with van der Waals surface area (Å²) in [6.07, 6.45) is 10.00. The number of hydrogen-bond acceptors (Lipinski definition) is 5. The molecule has 5 rings (SSSR count). The standard InChI is InChI=1S/C34H45ClN2O3S.C3H6O/c1-6-8-24-17-28(35)13-15-29(24)27-20-37-19-26-11-14-30(26)32(39-4)10-7-9-22(2)23(3)41(5)36-34(38)25-12-16-33(40-21-27)31(37)18-25;1-3(2)4/h7,10,12-13,15-18,22-23,26-27,30,32H,5-6,8-9,11,14,19-21H2,1-4H3,(H,36,38);1-2H3/b10-7+;. The lowest BCUT2D eigenvalue weighted by Crippen LogP contribution is -2.44. The largest absolute Gasteiger partial charge is 0.491 e. The van der Waals surface area contributed by atoms with Crippen LogP contribution < -0.4 is 14.4 Å². The van der Waals surface area contributed by atoms with Gasteiger partial charge < -0.3 is 23.9 Å². The molecule has 0 radical (unpaired) electrons. The normalized spacial score (nSPS) is 29.0. The Balaban J connectivity index is 0.00000109. The third-order valence-electron chi connectivity index (χ3n) is 9.44. The number of hydrogen-bond donors (Lipinski definition) is 1. The van der Waals surface area contributed by atoms with E-state index in [1.165, 1.54) is 37.8 Å². The van der Waals surface area contributed by atoms with Gasteiger partial charge in [-0.25, -0.2) is 0 Å². The number of amides is 1. The molecule has 2 heterocycles. The second-order valence-electron chi connectivity index (χ2n) is 13.0. The van der Waals surface area contributed by atoms with Gasteiger partial charge >= 0.3 is 0 Å². The predicted octanol–water partition coefficient (Wildman–Crippen LogP) is 8.24. The van der Waals surface area contributed by atoms with E-state index in [9.17, 15) is 9.59 Å². The number of anilines is 1. The highest BCUT2D eigenvalue weighted by atomic mass is 35.5. The molecule has 1 saturated carbocycles. The van der Waals surface area contributed by atoms with Crippen LogP contribution >= 0.6 is 22.3 Å². The first-order valence-corrected chi connectivity index (χ1v) is 18.2. The van der Waals surface area contributed by atoms with Crippen molar-refractivity contribution in [2.45, 2.75) is 84.0 Å². The summed E-state index contributed by atoms with van der Waals surface area (Å²) < 4.78 is 15.7. The van der Waals surface area contributed by atoms with Gasteiger partial charge in [-0.1, -0.05) is 73.6 Å². The molecule has 2 aromatic carbocycles.